The van der Waals surface area contributed by atoms with Crippen molar-refractivity contribution in [3.05, 3.63) is 65.7 Å². The van der Waals surface area contributed by atoms with Gasteiger partial charge in [0.25, 0.3) is 0 Å². The topological polar surface area (TPSA) is 76.2 Å². The van der Waals surface area contributed by atoms with E-state index in [1.54, 1.807) is 24.3 Å². The molecule has 0 amide bonds. The molecular formula is C15H14N2O2. The molecule has 0 aliphatic rings. The molecule has 0 aliphatic heterocycles. The summed E-state index contributed by atoms with van der Waals surface area (Å²) in [5.41, 5.74) is 6.74. The van der Waals surface area contributed by atoms with Crippen LogP contribution in [0.15, 0.2) is 54.6 Å². The molecule has 0 bridgehead atoms. The van der Waals surface area contributed by atoms with Crippen LogP contribution in [0.5, 0.6) is 5.75 Å². The molecule has 0 aliphatic carbocycles. The first-order valence-electron chi connectivity index (χ1n) is 5.85. The van der Waals surface area contributed by atoms with Crippen molar-refractivity contribution in [1.29, 1.82) is 5.41 Å². The van der Waals surface area contributed by atoms with E-state index < -0.39 is 0 Å². The SMILES string of the molecule is N=C(N)c1ccccc1OC(=O)Cc1ccccc1. The number of nitrogens with two attached hydrogens (primary N) is 1. The summed E-state index contributed by atoms with van der Waals surface area (Å²) in [6.07, 6.45) is 0.188. The van der Waals surface area contributed by atoms with Crippen LogP contribution < -0.4 is 10.5 Å². The third-order valence-electron chi connectivity index (χ3n) is 2.59. The van der Waals surface area contributed by atoms with E-state index >= 15 is 0 Å². The average Bonchev–Trinajstić information content (AvgIpc) is 2.40. The Morgan fingerprint density at radius 1 is 1.05 bits per heavy atom. The molecule has 0 aromatic heterocycles. The molecule has 2 rings (SSSR count). The Bertz CT molecular complexity index is 594. The van der Waals surface area contributed by atoms with E-state index in [4.69, 9.17) is 15.9 Å². The van der Waals surface area contributed by atoms with Crippen molar-refractivity contribution in [2.24, 2.45) is 5.73 Å². The Morgan fingerprint density at radius 3 is 2.37 bits per heavy atom. The zero-order valence-corrected chi connectivity index (χ0v) is 10.3. The van der Waals surface area contributed by atoms with Crippen LogP contribution in [-0.2, 0) is 11.2 Å². The van der Waals surface area contributed by atoms with Gasteiger partial charge in [0.2, 0.25) is 0 Å². The Hall–Kier alpha value is -2.62. The quantitative estimate of drug-likeness (QED) is 0.380. The number of esters is 1. The maximum absolute atomic E-state index is 11.8. The van der Waals surface area contributed by atoms with Crippen LogP contribution in [0.1, 0.15) is 11.1 Å². The van der Waals surface area contributed by atoms with Gasteiger partial charge < -0.3 is 10.5 Å². The Morgan fingerprint density at radius 2 is 1.68 bits per heavy atom. The fraction of sp³-hybridized carbons (Fsp3) is 0.0667. The van der Waals surface area contributed by atoms with Crippen molar-refractivity contribution < 1.29 is 9.53 Å². The van der Waals surface area contributed by atoms with Crippen LogP contribution >= 0.6 is 0 Å². The lowest BCUT2D eigenvalue weighted by atomic mass is 10.1. The number of amidine groups is 1. The summed E-state index contributed by atoms with van der Waals surface area (Å²) in [4.78, 5) is 11.8. The maximum Gasteiger partial charge on any atom is 0.315 e. The smallest absolute Gasteiger partial charge is 0.315 e. The highest BCUT2D eigenvalue weighted by Crippen LogP contribution is 2.17. The fourth-order valence-corrected chi connectivity index (χ4v) is 1.70. The van der Waals surface area contributed by atoms with E-state index in [-0.39, 0.29) is 18.2 Å². The first-order valence-corrected chi connectivity index (χ1v) is 5.85. The van der Waals surface area contributed by atoms with Gasteiger partial charge in [-0.2, -0.15) is 0 Å². The molecule has 0 saturated heterocycles. The lowest BCUT2D eigenvalue weighted by Crippen LogP contribution is -2.17. The van der Waals surface area contributed by atoms with Gasteiger partial charge in [-0.1, -0.05) is 42.5 Å². The number of carbonyl (C=O) groups excluding carboxylic acids is 1. The molecule has 3 N–H and O–H groups in total. The van der Waals surface area contributed by atoms with Gasteiger partial charge in [-0.15, -0.1) is 0 Å². The largest absolute Gasteiger partial charge is 0.425 e. The van der Waals surface area contributed by atoms with Gasteiger partial charge in [0.15, 0.2) is 0 Å². The van der Waals surface area contributed by atoms with Gasteiger partial charge in [0.05, 0.1) is 12.0 Å². The maximum atomic E-state index is 11.8. The van der Waals surface area contributed by atoms with Gasteiger partial charge in [-0.05, 0) is 17.7 Å². The monoisotopic (exact) mass is 254 g/mol. The molecule has 2 aromatic carbocycles. The van der Waals surface area contributed by atoms with E-state index in [2.05, 4.69) is 0 Å². The molecule has 2 aromatic rings. The first kappa shape index (κ1) is 12.8. The van der Waals surface area contributed by atoms with Crippen molar-refractivity contribution in [3.63, 3.8) is 0 Å². The molecule has 0 fully saturated rings. The number of nitrogens with one attached hydrogen (secondary N) is 1. The second-order valence-corrected chi connectivity index (χ2v) is 4.05. The van der Waals surface area contributed by atoms with Gasteiger partial charge in [-0.3, -0.25) is 10.2 Å². The van der Waals surface area contributed by atoms with Crippen molar-refractivity contribution >= 4 is 11.8 Å². The molecule has 96 valence electrons. The van der Waals surface area contributed by atoms with Gasteiger partial charge in [0, 0.05) is 0 Å². The van der Waals surface area contributed by atoms with Gasteiger partial charge >= 0.3 is 5.97 Å². The number of hydrogen-bond donors (Lipinski definition) is 2. The van der Waals surface area contributed by atoms with E-state index in [9.17, 15) is 4.79 Å². The Labute approximate surface area is 111 Å². The Balaban J connectivity index is 2.09. The first-order chi connectivity index (χ1) is 9.16. The van der Waals surface area contributed by atoms with Crippen LogP contribution in [0.4, 0.5) is 0 Å². The number of nitrogen functional groups attached to an aromatic ring is 1. The molecule has 0 saturated carbocycles. The molecule has 0 heterocycles. The number of hydrogen-bond acceptors (Lipinski definition) is 3. The van der Waals surface area contributed by atoms with Crippen LogP contribution in [-0.4, -0.2) is 11.8 Å². The third-order valence-corrected chi connectivity index (χ3v) is 2.59. The molecule has 19 heavy (non-hydrogen) atoms. The summed E-state index contributed by atoms with van der Waals surface area (Å²) >= 11 is 0. The van der Waals surface area contributed by atoms with Gasteiger partial charge in [0.1, 0.15) is 11.6 Å². The zero-order valence-electron chi connectivity index (χ0n) is 10.3. The number of ether oxygens (including phenoxy) is 1. The predicted octanol–water partition coefficient (Wildman–Crippen LogP) is 2.12. The van der Waals surface area contributed by atoms with E-state index in [0.29, 0.717) is 11.3 Å². The normalized spacial score (nSPS) is 9.89. The minimum atomic E-state index is -0.375. The highest BCUT2D eigenvalue weighted by atomic mass is 16.5. The number of carbonyl (C=O) groups is 1. The third kappa shape index (κ3) is 3.42. The molecule has 0 unspecified atom stereocenters. The van der Waals surface area contributed by atoms with E-state index in [1.807, 2.05) is 30.3 Å². The summed E-state index contributed by atoms with van der Waals surface area (Å²) in [5.74, 6) is -0.182. The van der Waals surface area contributed by atoms with Crippen LogP contribution in [0, 0.1) is 5.41 Å². The second kappa shape index (κ2) is 5.82. The standard InChI is InChI=1S/C15H14N2O2/c16-15(17)12-8-4-5-9-13(12)19-14(18)10-11-6-2-1-3-7-11/h1-9H,10H2,(H3,16,17). The highest BCUT2D eigenvalue weighted by molar-refractivity contribution is 5.98. The van der Waals surface area contributed by atoms with Crippen LogP contribution in [0.25, 0.3) is 0 Å². The summed E-state index contributed by atoms with van der Waals surface area (Å²) in [6, 6.07) is 16.1. The molecule has 0 spiro atoms. The average molecular weight is 254 g/mol. The van der Waals surface area contributed by atoms with E-state index in [1.165, 1.54) is 0 Å². The number of rotatable bonds is 4. The molecular weight excluding hydrogens is 240 g/mol. The van der Waals surface area contributed by atoms with Gasteiger partial charge in [-0.25, -0.2) is 0 Å². The summed E-state index contributed by atoms with van der Waals surface area (Å²) in [7, 11) is 0. The van der Waals surface area contributed by atoms with Crippen molar-refractivity contribution in [3.8, 4) is 5.75 Å². The number of benzene rings is 2. The van der Waals surface area contributed by atoms with Crippen molar-refractivity contribution in [2.75, 3.05) is 0 Å². The minimum absolute atomic E-state index is 0.122. The molecule has 4 nitrogen and oxygen atoms in total. The van der Waals surface area contributed by atoms with Crippen LogP contribution in [0.3, 0.4) is 0 Å². The van der Waals surface area contributed by atoms with Crippen molar-refractivity contribution in [1.82, 2.24) is 0 Å². The van der Waals surface area contributed by atoms with E-state index in [0.717, 1.165) is 5.56 Å². The summed E-state index contributed by atoms with van der Waals surface area (Å²) < 4.78 is 5.25. The number of para-hydroxylation sites is 1. The lowest BCUT2D eigenvalue weighted by Gasteiger charge is -2.08. The summed E-state index contributed by atoms with van der Waals surface area (Å²) in [6.45, 7) is 0. The van der Waals surface area contributed by atoms with Crippen LogP contribution in [0.2, 0.25) is 0 Å². The summed E-state index contributed by atoms with van der Waals surface area (Å²) in [5, 5.41) is 7.43. The lowest BCUT2D eigenvalue weighted by molar-refractivity contribution is -0.133. The molecule has 0 atom stereocenters. The Kier molecular flexibility index (Phi) is 3.93. The predicted molar refractivity (Wildman–Crippen MR) is 73.2 cm³/mol. The second-order valence-electron chi connectivity index (χ2n) is 4.05. The molecule has 4 heteroatoms. The fourth-order valence-electron chi connectivity index (χ4n) is 1.70. The zero-order chi connectivity index (χ0) is 13.7. The minimum Gasteiger partial charge on any atom is -0.425 e. The highest BCUT2D eigenvalue weighted by Gasteiger charge is 2.11. The molecule has 0 radical (unpaired) electrons. The van der Waals surface area contributed by atoms with Crippen molar-refractivity contribution in [2.45, 2.75) is 6.42 Å².